The van der Waals surface area contributed by atoms with Gasteiger partial charge in [-0.05, 0) is 44.6 Å². The molecule has 0 radical (unpaired) electrons. The van der Waals surface area contributed by atoms with Crippen molar-refractivity contribution in [2.75, 3.05) is 6.54 Å². The third-order valence-electron chi connectivity index (χ3n) is 3.98. The van der Waals surface area contributed by atoms with Gasteiger partial charge in [0.25, 0.3) is 0 Å². The lowest BCUT2D eigenvalue weighted by Crippen LogP contribution is -2.48. The smallest absolute Gasteiger partial charge is 0.113 e. The second-order valence-corrected chi connectivity index (χ2v) is 7.36. The van der Waals surface area contributed by atoms with Crippen LogP contribution < -0.4 is 5.32 Å². The molecule has 1 atom stereocenters. The molecule has 1 aromatic heterocycles. The van der Waals surface area contributed by atoms with Gasteiger partial charge in [0.05, 0.1) is 5.54 Å². The van der Waals surface area contributed by atoms with Gasteiger partial charge in [0.2, 0.25) is 0 Å². The molecule has 0 bridgehead atoms. The maximum atomic E-state index is 4.78. The quantitative estimate of drug-likeness (QED) is 0.881. The monoisotopic (exact) mass is 266 g/mol. The summed E-state index contributed by atoms with van der Waals surface area (Å²) in [6.45, 7) is 10.2. The minimum atomic E-state index is 0.136. The molecular weight excluding hydrogens is 240 g/mol. The van der Waals surface area contributed by atoms with E-state index in [0.29, 0.717) is 5.41 Å². The highest BCUT2D eigenvalue weighted by molar-refractivity contribution is 7.09. The molecule has 0 amide bonds. The van der Waals surface area contributed by atoms with E-state index in [0.717, 1.165) is 12.2 Å². The van der Waals surface area contributed by atoms with E-state index in [1.54, 1.807) is 0 Å². The molecule has 102 valence electrons. The van der Waals surface area contributed by atoms with Gasteiger partial charge in [-0.1, -0.05) is 27.2 Å². The number of aryl methyl sites for hydroxylation is 1. The Morgan fingerprint density at radius 1 is 1.39 bits per heavy atom. The van der Waals surface area contributed by atoms with Crippen LogP contribution in [-0.2, 0) is 5.54 Å². The molecule has 0 aromatic carbocycles. The molecule has 1 heterocycles. The second kappa shape index (κ2) is 5.30. The van der Waals surface area contributed by atoms with Gasteiger partial charge in [0.15, 0.2) is 0 Å². The number of nitrogens with zero attached hydrogens (tertiary/aromatic N) is 1. The predicted octanol–water partition coefficient (Wildman–Crippen LogP) is 4.25. The van der Waals surface area contributed by atoms with Crippen LogP contribution in [0, 0.1) is 12.3 Å². The summed E-state index contributed by atoms with van der Waals surface area (Å²) < 4.78 is 0. The zero-order chi connectivity index (χ0) is 13.2. The minimum Gasteiger partial charge on any atom is -0.305 e. The highest BCUT2D eigenvalue weighted by Gasteiger charge is 2.42. The summed E-state index contributed by atoms with van der Waals surface area (Å²) in [6.07, 6.45) is 6.29. The molecule has 18 heavy (non-hydrogen) atoms. The molecule has 1 unspecified atom stereocenters. The van der Waals surface area contributed by atoms with Crippen molar-refractivity contribution in [2.45, 2.75) is 65.3 Å². The number of aromatic nitrogens is 1. The van der Waals surface area contributed by atoms with Crippen molar-refractivity contribution >= 4 is 11.3 Å². The van der Waals surface area contributed by atoms with Gasteiger partial charge in [-0.2, -0.15) is 0 Å². The SMILES string of the molecule is CCCNC1(c2nc(C)cs2)CCCC(C)(C)C1. The second-order valence-electron chi connectivity index (χ2n) is 6.50. The molecule has 1 N–H and O–H groups in total. The van der Waals surface area contributed by atoms with Crippen LogP contribution in [-0.4, -0.2) is 11.5 Å². The van der Waals surface area contributed by atoms with Crippen molar-refractivity contribution in [3.63, 3.8) is 0 Å². The molecule has 0 saturated heterocycles. The summed E-state index contributed by atoms with van der Waals surface area (Å²) in [5.41, 5.74) is 1.73. The average Bonchev–Trinajstić information content (AvgIpc) is 2.72. The standard InChI is InChI=1S/C15H26N2S/c1-5-9-16-15(13-17-12(2)10-18-13)8-6-7-14(3,4)11-15/h10,16H,5-9,11H2,1-4H3. The Labute approximate surface area is 115 Å². The van der Waals surface area contributed by atoms with E-state index in [4.69, 9.17) is 4.98 Å². The Kier molecular flexibility index (Phi) is 4.12. The summed E-state index contributed by atoms with van der Waals surface area (Å²) >= 11 is 1.83. The van der Waals surface area contributed by atoms with Crippen molar-refractivity contribution in [2.24, 2.45) is 5.41 Å². The van der Waals surface area contributed by atoms with E-state index in [1.807, 2.05) is 11.3 Å². The van der Waals surface area contributed by atoms with Crippen molar-refractivity contribution in [1.29, 1.82) is 0 Å². The minimum absolute atomic E-state index is 0.136. The lowest BCUT2D eigenvalue weighted by Gasteiger charge is -2.44. The fourth-order valence-electron chi connectivity index (χ4n) is 3.21. The number of thiazole rings is 1. The Hall–Kier alpha value is -0.410. The van der Waals surface area contributed by atoms with Crippen molar-refractivity contribution in [3.05, 3.63) is 16.1 Å². The zero-order valence-corrected chi connectivity index (χ0v) is 13.0. The van der Waals surface area contributed by atoms with Gasteiger partial charge in [-0.25, -0.2) is 4.98 Å². The van der Waals surface area contributed by atoms with Crippen LogP contribution >= 0.6 is 11.3 Å². The molecule has 1 aliphatic carbocycles. The highest BCUT2D eigenvalue weighted by Crippen LogP contribution is 2.46. The van der Waals surface area contributed by atoms with Crippen LogP contribution in [0.5, 0.6) is 0 Å². The first-order valence-electron chi connectivity index (χ1n) is 7.15. The molecule has 2 nitrogen and oxygen atoms in total. The van der Waals surface area contributed by atoms with Crippen LogP contribution in [0.4, 0.5) is 0 Å². The first-order valence-corrected chi connectivity index (χ1v) is 8.03. The predicted molar refractivity (Wildman–Crippen MR) is 79.1 cm³/mol. The normalized spacial score (nSPS) is 27.3. The van der Waals surface area contributed by atoms with Gasteiger partial charge < -0.3 is 5.32 Å². The van der Waals surface area contributed by atoms with E-state index >= 15 is 0 Å². The first kappa shape index (κ1) is 14.0. The van der Waals surface area contributed by atoms with Crippen molar-refractivity contribution < 1.29 is 0 Å². The molecular formula is C15H26N2S. The third-order valence-corrected chi connectivity index (χ3v) is 5.14. The van der Waals surface area contributed by atoms with E-state index in [1.165, 1.54) is 37.1 Å². The van der Waals surface area contributed by atoms with Crippen LogP contribution in [0.15, 0.2) is 5.38 Å². The summed E-state index contributed by atoms with van der Waals surface area (Å²) in [7, 11) is 0. The highest BCUT2D eigenvalue weighted by atomic mass is 32.1. The van der Waals surface area contributed by atoms with Gasteiger partial charge in [-0.3, -0.25) is 0 Å². The van der Waals surface area contributed by atoms with E-state index < -0.39 is 0 Å². The van der Waals surface area contributed by atoms with E-state index in [2.05, 4.69) is 38.4 Å². The zero-order valence-electron chi connectivity index (χ0n) is 12.2. The summed E-state index contributed by atoms with van der Waals surface area (Å²) in [4.78, 5) is 4.78. The fourth-order valence-corrected chi connectivity index (χ4v) is 4.21. The third kappa shape index (κ3) is 2.94. The largest absolute Gasteiger partial charge is 0.305 e. The summed E-state index contributed by atoms with van der Waals surface area (Å²) in [5.74, 6) is 0. The van der Waals surface area contributed by atoms with Gasteiger partial charge in [0, 0.05) is 11.1 Å². The van der Waals surface area contributed by atoms with E-state index in [9.17, 15) is 0 Å². The molecule has 1 fully saturated rings. The van der Waals surface area contributed by atoms with Crippen LogP contribution in [0.2, 0.25) is 0 Å². The lowest BCUT2D eigenvalue weighted by molar-refractivity contribution is 0.118. The Bertz CT molecular complexity index is 397. The maximum Gasteiger partial charge on any atom is 0.113 e. The Morgan fingerprint density at radius 2 is 2.17 bits per heavy atom. The van der Waals surface area contributed by atoms with Gasteiger partial charge in [0.1, 0.15) is 5.01 Å². The summed E-state index contributed by atoms with van der Waals surface area (Å²) in [6, 6.07) is 0. The molecule has 1 aliphatic rings. The molecule has 0 aliphatic heterocycles. The van der Waals surface area contributed by atoms with Crippen molar-refractivity contribution in [3.8, 4) is 0 Å². The Morgan fingerprint density at radius 3 is 2.72 bits per heavy atom. The average molecular weight is 266 g/mol. The van der Waals surface area contributed by atoms with Gasteiger partial charge >= 0.3 is 0 Å². The topological polar surface area (TPSA) is 24.9 Å². The van der Waals surface area contributed by atoms with E-state index in [-0.39, 0.29) is 5.54 Å². The van der Waals surface area contributed by atoms with Crippen LogP contribution in [0.1, 0.15) is 63.6 Å². The first-order chi connectivity index (χ1) is 8.47. The number of rotatable bonds is 4. The van der Waals surface area contributed by atoms with Crippen molar-refractivity contribution in [1.82, 2.24) is 10.3 Å². The number of hydrogen-bond acceptors (Lipinski definition) is 3. The maximum absolute atomic E-state index is 4.78. The molecule has 0 spiro atoms. The fraction of sp³-hybridized carbons (Fsp3) is 0.800. The number of nitrogens with one attached hydrogen (secondary N) is 1. The van der Waals surface area contributed by atoms with Gasteiger partial charge in [-0.15, -0.1) is 11.3 Å². The molecule has 1 saturated carbocycles. The van der Waals surface area contributed by atoms with Crippen LogP contribution in [0.25, 0.3) is 0 Å². The molecule has 3 heteroatoms. The van der Waals surface area contributed by atoms with Crippen LogP contribution in [0.3, 0.4) is 0 Å². The number of hydrogen-bond donors (Lipinski definition) is 1. The Balaban J connectivity index is 2.28. The molecule has 1 aromatic rings. The molecule has 2 rings (SSSR count). The lowest BCUT2D eigenvalue weighted by atomic mass is 9.68. The summed E-state index contributed by atoms with van der Waals surface area (Å²) in [5, 5.41) is 7.31.